The van der Waals surface area contributed by atoms with Gasteiger partial charge in [-0.1, -0.05) is 6.92 Å². The number of likely N-dealkylation sites (tertiary alicyclic amines) is 1. The minimum Gasteiger partial charge on any atom is -0.494 e. The normalized spacial score (nSPS) is 15.9. The van der Waals surface area contributed by atoms with Gasteiger partial charge in [0.2, 0.25) is 5.96 Å². The van der Waals surface area contributed by atoms with E-state index < -0.39 is 0 Å². The zero-order chi connectivity index (χ0) is 21.5. The van der Waals surface area contributed by atoms with Crippen molar-refractivity contribution < 1.29 is 4.74 Å². The minimum absolute atomic E-state index is 0.0575. The van der Waals surface area contributed by atoms with Gasteiger partial charge in [0.1, 0.15) is 10.8 Å². The van der Waals surface area contributed by atoms with Gasteiger partial charge >= 0.3 is 0 Å². The highest BCUT2D eigenvalue weighted by Crippen LogP contribution is 2.29. The van der Waals surface area contributed by atoms with Gasteiger partial charge in [0, 0.05) is 12.1 Å². The number of piperidine rings is 1. The van der Waals surface area contributed by atoms with Gasteiger partial charge in [-0.3, -0.25) is 0 Å². The van der Waals surface area contributed by atoms with E-state index in [1.807, 2.05) is 38.1 Å². The molecule has 1 aromatic carbocycles. The maximum Gasteiger partial charge on any atom is 0.211 e. The Morgan fingerprint density at radius 2 is 1.90 bits per heavy atom. The molecule has 0 amide bonds. The Kier molecular flexibility index (Phi) is 7.81. The van der Waals surface area contributed by atoms with Crippen molar-refractivity contribution >= 4 is 23.0 Å². The van der Waals surface area contributed by atoms with Gasteiger partial charge in [-0.15, -0.1) is 16.4 Å². The topological polar surface area (TPSA) is 102 Å². The summed E-state index contributed by atoms with van der Waals surface area (Å²) in [7, 11) is 0. The number of thiazole rings is 1. The SMILES string of the molecule is C/C(=N\N=C(N)N)c1sc(-c2ccc(OCCCN3CCC(C)CC3)cc2)nc1C. The molecule has 0 saturated carbocycles. The zero-order valence-electron chi connectivity index (χ0n) is 18.1. The van der Waals surface area contributed by atoms with Crippen LogP contribution < -0.4 is 16.2 Å². The van der Waals surface area contributed by atoms with Crippen LogP contribution in [0, 0.1) is 12.8 Å². The molecular formula is C22H32N6OS. The number of aromatic nitrogens is 1. The Hall–Kier alpha value is -2.45. The highest BCUT2D eigenvalue weighted by atomic mass is 32.1. The van der Waals surface area contributed by atoms with Crippen molar-refractivity contribution in [3.63, 3.8) is 0 Å². The number of rotatable bonds is 8. The second-order valence-electron chi connectivity index (χ2n) is 7.89. The highest BCUT2D eigenvalue weighted by molar-refractivity contribution is 7.17. The van der Waals surface area contributed by atoms with E-state index >= 15 is 0 Å². The molecule has 8 heteroatoms. The lowest BCUT2D eigenvalue weighted by molar-refractivity contribution is 0.177. The van der Waals surface area contributed by atoms with Gasteiger partial charge < -0.3 is 21.1 Å². The molecule has 3 rings (SSSR count). The molecule has 1 aliphatic heterocycles. The van der Waals surface area contributed by atoms with Gasteiger partial charge in [0.25, 0.3) is 0 Å². The third kappa shape index (κ3) is 6.27. The summed E-state index contributed by atoms with van der Waals surface area (Å²) in [6.07, 6.45) is 3.69. The monoisotopic (exact) mass is 428 g/mol. The Balaban J connectivity index is 1.52. The van der Waals surface area contributed by atoms with Crippen LogP contribution in [0.3, 0.4) is 0 Å². The van der Waals surface area contributed by atoms with E-state index in [0.717, 1.165) is 58.1 Å². The third-order valence-electron chi connectivity index (χ3n) is 5.31. The molecule has 7 nitrogen and oxygen atoms in total. The van der Waals surface area contributed by atoms with Gasteiger partial charge in [-0.2, -0.15) is 5.10 Å². The van der Waals surface area contributed by atoms with E-state index in [9.17, 15) is 0 Å². The molecule has 162 valence electrons. The summed E-state index contributed by atoms with van der Waals surface area (Å²) in [6, 6.07) is 8.11. The second kappa shape index (κ2) is 10.5. The zero-order valence-corrected chi connectivity index (χ0v) is 18.9. The summed E-state index contributed by atoms with van der Waals surface area (Å²) in [4.78, 5) is 8.19. The smallest absolute Gasteiger partial charge is 0.211 e. The van der Waals surface area contributed by atoms with E-state index in [-0.39, 0.29) is 5.96 Å². The second-order valence-corrected chi connectivity index (χ2v) is 8.89. The van der Waals surface area contributed by atoms with Crippen LogP contribution in [0.25, 0.3) is 10.6 Å². The molecule has 2 heterocycles. The summed E-state index contributed by atoms with van der Waals surface area (Å²) in [5.41, 5.74) is 13.4. The molecule has 0 spiro atoms. The maximum absolute atomic E-state index is 5.93. The Labute approximate surface area is 182 Å². The molecule has 1 fully saturated rings. The van der Waals surface area contributed by atoms with Crippen LogP contribution in [0.1, 0.15) is 43.7 Å². The van der Waals surface area contributed by atoms with Gasteiger partial charge in [-0.25, -0.2) is 4.98 Å². The number of aryl methyl sites for hydroxylation is 1. The predicted octanol–water partition coefficient (Wildman–Crippen LogP) is 3.62. The van der Waals surface area contributed by atoms with Crippen LogP contribution in [0.4, 0.5) is 0 Å². The van der Waals surface area contributed by atoms with Crippen LogP contribution in [-0.4, -0.2) is 47.8 Å². The molecule has 0 bridgehead atoms. The molecule has 1 aromatic heterocycles. The molecule has 0 radical (unpaired) electrons. The molecule has 0 aliphatic carbocycles. The first-order chi connectivity index (χ1) is 14.4. The minimum atomic E-state index is -0.0575. The van der Waals surface area contributed by atoms with Crippen LogP contribution in [0.15, 0.2) is 34.5 Å². The van der Waals surface area contributed by atoms with Crippen molar-refractivity contribution in [1.29, 1.82) is 0 Å². The number of hydrogen-bond donors (Lipinski definition) is 2. The number of benzene rings is 1. The highest BCUT2D eigenvalue weighted by Gasteiger charge is 2.15. The maximum atomic E-state index is 5.93. The average Bonchev–Trinajstić information content (AvgIpc) is 3.13. The summed E-state index contributed by atoms with van der Waals surface area (Å²) < 4.78 is 5.93. The first-order valence-corrected chi connectivity index (χ1v) is 11.3. The van der Waals surface area contributed by atoms with Crippen LogP contribution in [-0.2, 0) is 0 Å². The van der Waals surface area contributed by atoms with Gasteiger partial charge in [-0.05, 0) is 76.4 Å². The molecule has 30 heavy (non-hydrogen) atoms. The van der Waals surface area contributed by atoms with Crippen molar-refractivity contribution in [2.75, 3.05) is 26.2 Å². The standard InChI is InChI=1S/C22H32N6OS/c1-15-9-12-28(13-10-15)11-4-14-29-19-7-5-18(6-8-19)21-25-16(2)20(30-21)17(3)26-27-22(23)24/h5-8,15H,4,9-14H2,1-3H3,(H4,23,24,27)/b26-17+. The summed E-state index contributed by atoms with van der Waals surface area (Å²) in [6.45, 7) is 10.5. The third-order valence-corrected chi connectivity index (χ3v) is 6.62. The summed E-state index contributed by atoms with van der Waals surface area (Å²) in [5.74, 6) is 1.71. The van der Waals surface area contributed by atoms with E-state index in [0.29, 0.717) is 0 Å². The van der Waals surface area contributed by atoms with E-state index in [4.69, 9.17) is 16.2 Å². The fourth-order valence-corrected chi connectivity index (χ4v) is 4.50. The summed E-state index contributed by atoms with van der Waals surface area (Å²) >= 11 is 1.58. The number of hydrogen-bond acceptors (Lipinski definition) is 6. The Morgan fingerprint density at radius 1 is 1.20 bits per heavy atom. The Morgan fingerprint density at radius 3 is 2.57 bits per heavy atom. The molecule has 0 atom stereocenters. The number of nitrogens with zero attached hydrogens (tertiary/aromatic N) is 4. The van der Waals surface area contributed by atoms with Gasteiger partial charge in [0.15, 0.2) is 0 Å². The molecular weight excluding hydrogens is 396 g/mol. The summed E-state index contributed by atoms with van der Waals surface area (Å²) in [5, 5.41) is 8.72. The van der Waals surface area contributed by atoms with Gasteiger partial charge in [0.05, 0.1) is 22.9 Å². The fraction of sp³-hybridized carbons (Fsp3) is 0.500. The van der Waals surface area contributed by atoms with Crippen LogP contribution in [0.2, 0.25) is 0 Å². The molecule has 1 aliphatic rings. The van der Waals surface area contributed by atoms with Crippen molar-refractivity contribution in [2.45, 2.75) is 40.0 Å². The first kappa shape index (κ1) is 22.2. The van der Waals surface area contributed by atoms with Crippen LogP contribution >= 0.6 is 11.3 Å². The van der Waals surface area contributed by atoms with Crippen molar-refractivity contribution in [3.8, 4) is 16.3 Å². The quantitative estimate of drug-likeness (QED) is 0.289. The largest absolute Gasteiger partial charge is 0.494 e. The van der Waals surface area contributed by atoms with Crippen molar-refractivity contribution in [1.82, 2.24) is 9.88 Å². The lowest BCUT2D eigenvalue weighted by Gasteiger charge is -2.30. The lowest BCUT2D eigenvalue weighted by Crippen LogP contribution is -2.34. The molecule has 4 N–H and O–H groups in total. The van der Waals surface area contributed by atoms with E-state index in [1.165, 1.54) is 25.9 Å². The molecule has 0 unspecified atom stereocenters. The van der Waals surface area contributed by atoms with Crippen molar-refractivity contribution in [3.05, 3.63) is 34.8 Å². The lowest BCUT2D eigenvalue weighted by atomic mass is 9.99. The van der Waals surface area contributed by atoms with E-state index in [1.54, 1.807) is 11.3 Å². The van der Waals surface area contributed by atoms with Crippen LogP contribution in [0.5, 0.6) is 5.75 Å². The number of nitrogens with two attached hydrogens (primary N) is 2. The van der Waals surface area contributed by atoms with E-state index in [2.05, 4.69) is 27.0 Å². The predicted molar refractivity (Wildman–Crippen MR) is 125 cm³/mol. The molecule has 2 aromatic rings. The molecule has 1 saturated heterocycles. The number of guanidine groups is 1. The number of ether oxygens (including phenoxy) is 1. The first-order valence-electron chi connectivity index (χ1n) is 10.5. The van der Waals surface area contributed by atoms with Crippen molar-refractivity contribution in [2.24, 2.45) is 27.6 Å². The average molecular weight is 429 g/mol. The fourth-order valence-electron chi connectivity index (χ4n) is 3.49. The Bertz CT molecular complexity index is 878.